The predicted octanol–water partition coefficient (Wildman–Crippen LogP) is 4.37. The van der Waals surface area contributed by atoms with Gasteiger partial charge < -0.3 is 5.32 Å². The lowest BCUT2D eigenvalue weighted by atomic mass is 9.78. The van der Waals surface area contributed by atoms with Crippen molar-refractivity contribution in [2.24, 2.45) is 11.8 Å². The second kappa shape index (κ2) is 6.08. The van der Waals surface area contributed by atoms with Crippen molar-refractivity contribution in [1.29, 1.82) is 0 Å². The monoisotopic (exact) mass is 281 g/mol. The molecule has 4 heteroatoms. The second-order valence-electron chi connectivity index (χ2n) is 5.98. The Morgan fingerprint density at radius 2 is 1.74 bits per heavy atom. The van der Waals surface area contributed by atoms with Crippen LogP contribution in [0.4, 0.5) is 5.82 Å². The van der Waals surface area contributed by atoms with Crippen molar-refractivity contribution in [3.8, 4) is 0 Å². The minimum Gasteiger partial charge on any atom is -0.364 e. The molecular formula is C15H24ClN3. The van der Waals surface area contributed by atoms with Crippen LogP contribution in [0.5, 0.6) is 0 Å². The fraction of sp³-hybridized carbons (Fsp3) is 0.733. The third-order valence-corrected chi connectivity index (χ3v) is 4.53. The summed E-state index contributed by atoms with van der Waals surface area (Å²) in [5.41, 5.74) is 1.85. The molecule has 0 saturated heterocycles. The molecule has 2 atom stereocenters. The summed E-state index contributed by atoms with van der Waals surface area (Å²) in [6.45, 7) is 8.52. The molecule has 2 unspecified atom stereocenters. The van der Waals surface area contributed by atoms with Crippen molar-refractivity contribution in [2.45, 2.75) is 59.4 Å². The van der Waals surface area contributed by atoms with Gasteiger partial charge >= 0.3 is 0 Å². The van der Waals surface area contributed by atoms with Gasteiger partial charge in [0, 0.05) is 6.04 Å². The lowest BCUT2D eigenvalue weighted by molar-refractivity contribution is 0.253. The molecule has 1 aliphatic rings. The highest BCUT2D eigenvalue weighted by Crippen LogP contribution is 2.33. The number of nitrogens with zero attached hydrogens (tertiary/aromatic N) is 2. The molecule has 0 amide bonds. The topological polar surface area (TPSA) is 37.8 Å². The van der Waals surface area contributed by atoms with Crippen molar-refractivity contribution in [3.05, 3.63) is 16.5 Å². The minimum atomic E-state index is 0.475. The summed E-state index contributed by atoms with van der Waals surface area (Å²) in [5, 5.41) is 4.04. The number of nitrogens with one attached hydrogen (secondary N) is 1. The van der Waals surface area contributed by atoms with Gasteiger partial charge in [-0.2, -0.15) is 0 Å². The summed E-state index contributed by atoms with van der Waals surface area (Å²) < 4.78 is 0. The zero-order chi connectivity index (χ0) is 14.0. The molecular weight excluding hydrogens is 258 g/mol. The Hall–Kier alpha value is -0.830. The number of anilines is 1. The van der Waals surface area contributed by atoms with Gasteiger partial charge in [0.05, 0.1) is 11.4 Å². The molecule has 1 aliphatic carbocycles. The van der Waals surface area contributed by atoms with Crippen LogP contribution in [-0.2, 0) is 0 Å². The van der Waals surface area contributed by atoms with E-state index in [1.54, 1.807) is 0 Å². The van der Waals surface area contributed by atoms with E-state index in [4.69, 9.17) is 11.6 Å². The van der Waals surface area contributed by atoms with Crippen LogP contribution < -0.4 is 5.32 Å². The maximum atomic E-state index is 6.21. The van der Waals surface area contributed by atoms with E-state index in [1.807, 2.05) is 13.8 Å². The molecule has 1 fully saturated rings. The highest BCUT2D eigenvalue weighted by molar-refractivity contribution is 6.31. The molecule has 1 N–H and O–H groups in total. The van der Waals surface area contributed by atoms with E-state index in [9.17, 15) is 0 Å². The first-order valence-corrected chi connectivity index (χ1v) is 7.64. The maximum absolute atomic E-state index is 6.21. The van der Waals surface area contributed by atoms with E-state index >= 15 is 0 Å². The predicted molar refractivity (Wildman–Crippen MR) is 80.7 cm³/mol. The van der Waals surface area contributed by atoms with E-state index in [0.717, 1.165) is 17.2 Å². The lowest BCUT2D eigenvalue weighted by Crippen LogP contribution is -2.35. The Bertz CT molecular complexity index is 445. The lowest BCUT2D eigenvalue weighted by Gasteiger charge is -2.35. The smallest absolute Gasteiger partial charge is 0.171 e. The van der Waals surface area contributed by atoms with Gasteiger partial charge in [0.15, 0.2) is 11.0 Å². The average Bonchev–Trinajstić information content (AvgIpc) is 2.36. The highest BCUT2D eigenvalue weighted by atomic mass is 35.5. The van der Waals surface area contributed by atoms with Gasteiger partial charge in [-0.15, -0.1) is 0 Å². The number of hydrogen-bond acceptors (Lipinski definition) is 3. The molecule has 1 aromatic rings. The van der Waals surface area contributed by atoms with Crippen LogP contribution in [0.25, 0.3) is 0 Å². The number of rotatable bonds is 3. The van der Waals surface area contributed by atoms with Crippen molar-refractivity contribution in [1.82, 2.24) is 9.97 Å². The minimum absolute atomic E-state index is 0.475. The number of halogens is 1. The molecule has 0 bridgehead atoms. The molecule has 1 aromatic heterocycles. The molecule has 0 aromatic carbocycles. The standard InChI is InChI=1S/C15H24ClN3/c1-9(2)12-7-5-6-8-13(12)19-15-14(16)17-10(3)11(4)18-15/h9,12-13H,5-8H2,1-4H3,(H,18,19). The first-order chi connectivity index (χ1) is 8.99. The molecule has 0 aliphatic heterocycles. The van der Waals surface area contributed by atoms with Gasteiger partial charge in [-0.3, -0.25) is 0 Å². The molecule has 1 saturated carbocycles. The summed E-state index contributed by atoms with van der Waals surface area (Å²) in [6, 6.07) is 0.475. The van der Waals surface area contributed by atoms with Gasteiger partial charge in [0.2, 0.25) is 0 Å². The van der Waals surface area contributed by atoms with Crippen molar-refractivity contribution < 1.29 is 0 Å². The van der Waals surface area contributed by atoms with E-state index < -0.39 is 0 Å². The molecule has 1 heterocycles. The van der Waals surface area contributed by atoms with Crippen molar-refractivity contribution in [2.75, 3.05) is 5.32 Å². The van der Waals surface area contributed by atoms with E-state index in [2.05, 4.69) is 29.1 Å². The summed E-state index contributed by atoms with van der Waals surface area (Å²) in [7, 11) is 0. The van der Waals surface area contributed by atoms with E-state index in [0.29, 0.717) is 23.0 Å². The molecule has 3 nitrogen and oxygen atoms in total. The average molecular weight is 282 g/mol. The quantitative estimate of drug-likeness (QED) is 0.894. The van der Waals surface area contributed by atoms with Crippen LogP contribution in [0, 0.1) is 25.7 Å². The Morgan fingerprint density at radius 3 is 2.42 bits per heavy atom. The fourth-order valence-corrected chi connectivity index (χ4v) is 3.20. The first-order valence-electron chi connectivity index (χ1n) is 7.26. The zero-order valence-corrected chi connectivity index (χ0v) is 13.1. The number of aromatic nitrogens is 2. The zero-order valence-electron chi connectivity index (χ0n) is 12.3. The maximum Gasteiger partial charge on any atom is 0.171 e. The Labute approximate surface area is 121 Å². The second-order valence-corrected chi connectivity index (χ2v) is 6.34. The first kappa shape index (κ1) is 14.6. The largest absolute Gasteiger partial charge is 0.364 e. The van der Waals surface area contributed by atoms with Crippen LogP contribution >= 0.6 is 11.6 Å². The fourth-order valence-electron chi connectivity index (χ4n) is 2.98. The van der Waals surface area contributed by atoms with E-state index in [-0.39, 0.29) is 0 Å². The van der Waals surface area contributed by atoms with Crippen LogP contribution in [0.2, 0.25) is 5.15 Å². The number of hydrogen-bond donors (Lipinski definition) is 1. The molecule has 19 heavy (non-hydrogen) atoms. The molecule has 106 valence electrons. The Morgan fingerprint density at radius 1 is 1.11 bits per heavy atom. The molecule has 0 radical (unpaired) electrons. The summed E-state index contributed by atoms with van der Waals surface area (Å²) in [6.07, 6.45) is 5.13. The summed E-state index contributed by atoms with van der Waals surface area (Å²) in [4.78, 5) is 8.90. The molecule has 0 spiro atoms. The summed E-state index contributed by atoms with van der Waals surface area (Å²) in [5.74, 6) is 2.15. The van der Waals surface area contributed by atoms with Crippen molar-refractivity contribution >= 4 is 17.4 Å². The highest BCUT2D eigenvalue weighted by Gasteiger charge is 2.28. The van der Waals surface area contributed by atoms with Gasteiger partial charge in [-0.05, 0) is 38.5 Å². The summed E-state index contributed by atoms with van der Waals surface area (Å²) >= 11 is 6.21. The van der Waals surface area contributed by atoms with Gasteiger partial charge in [0.1, 0.15) is 0 Å². The number of aryl methyl sites for hydroxylation is 2. The third kappa shape index (κ3) is 3.38. The van der Waals surface area contributed by atoms with E-state index in [1.165, 1.54) is 25.7 Å². The van der Waals surface area contributed by atoms with Crippen LogP contribution in [0.15, 0.2) is 0 Å². The molecule has 2 rings (SSSR count). The Balaban J connectivity index is 2.17. The van der Waals surface area contributed by atoms with Gasteiger partial charge in [-0.25, -0.2) is 9.97 Å². The Kier molecular flexibility index (Phi) is 4.67. The van der Waals surface area contributed by atoms with Gasteiger partial charge in [0.25, 0.3) is 0 Å². The van der Waals surface area contributed by atoms with Crippen LogP contribution in [0.1, 0.15) is 50.9 Å². The third-order valence-electron chi connectivity index (χ3n) is 4.26. The van der Waals surface area contributed by atoms with Crippen LogP contribution in [0.3, 0.4) is 0 Å². The normalized spacial score (nSPS) is 23.7. The van der Waals surface area contributed by atoms with Crippen LogP contribution in [-0.4, -0.2) is 16.0 Å². The van der Waals surface area contributed by atoms with Crippen molar-refractivity contribution in [3.63, 3.8) is 0 Å². The van der Waals surface area contributed by atoms with Gasteiger partial charge in [-0.1, -0.05) is 38.3 Å². The SMILES string of the molecule is Cc1nc(Cl)c(NC2CCCCC2C(C)C)nc1C.